The topological polar surface area (TPSA) is 26.3 Å². The summed E-state index contributed by atoms with van der Waals surface area (Å²) in [5.74, 6) is 0.460. The number of thioether (sulfide) groups is 2. The molecule has 0 bridgehead atoms. The van der Waals surface area contributed by atoms with E-state index in [0.29, 0.717) is 6.42 Å². The van der Waals surface area contributed by atoms with Crippen LogP contribution in [0.25, 0.3) is 0 Å². The highest BCUT2D eigenvalue weighted by atomic mass is 32.2. The van der Waals surface area contributed by atoms with Crippen molar-refractivity contribution in [2.75, 3.05) is 11.5 Å². The highest BCUT2D eigenvalue weighted by Crippen LogP contribution is 2.51. The van der Waals surface area contributed by atoms with E-state index in [1.54, 1.807) is 11.8 Å². The molecule has 19 heavy (non-hydrogen) atoms. The molecule has 1 saturated carbocycles. The first-order valence-electron chi connectivity index (χ1n) is 6.10. The lowest BCUT2D eigenvalue weighted by atomic mass is 10.2. The van der Waals surface area contributed by atoms with Gasteiger partial charge in [0.2, 0.25) is 0 Å². The van der Waals surface area contributed by atoms with Gasteiger partial charge in [0, 0.05) is 0 Å². The van der Waals surface area contributed by atoms with Crippen molar-refractivity contribution in [1.82, 2.24) is 0 Å². The predicted octanol–water partition coefficient (Wildman–Crippen LogP) is 3.77. The molecule has 1 aliphatic carbocycles. The third kappa shape index (κ3) is 3.24. The van der Waals surface area contributed by atoms with Crippen molar-refractivity contribution in [3.8, 4) is 0 Å². The molecule has 108 valence electrons. The first-order chi connectivity index (χ1) is 8.85. The normalized spacial score (nSPS) is 31.4. The van der Waals surface area contributed by atoms with Crippen LogP contribution in [0.15, 0.2) is 12.2 Å². The van der Waals surface area contributed by atoms with Gasteiger partial charge in [-0.2, -0.15) is 24.9 Å². The van der Waals surface area contributed by atoms with E-state index in [0.717, 1.165) is 30.8 Å². The first-order valence-corrected chi connectivity index (χ1v) is 8.13. The summed E-state index contributed by atoms with van der Waals surface area (Å²) in [5.41, 5.74) is -1.41. The number of carbonyl (C=O) groups excluding carboxylic acids is 1. The second-order valence-electron chi connectivity index (χ2n) is 4.63. The van der Waals surface area contributed by atoms with Gasteiger partial charge in [0.25, 0.3) is 0 Å². The number of esters is 1. The van der Waals surface area contributed by atoms with Gasteiger partial charge in [-0.05, 0) is 37.2 Å². The van der Waals surface area contributed by atoms with Gasteiger partial charge >= 0.3 is 12.1 Å². The molecule has 2 nitrogen and oxygen atoms in total. The van der Waals surface area contributed by atoms with Crippen molar-refractivity contribution in [1.29, 1.82) is 0 Å². The maximum absolute atomic E-state index is 12.5. The van der Waals surface area contributed by atoms with Crippen LogP contribution in [0.5, 0.6) is 0 Å². The largest absolute Gasteiger partial charge is 0.443 e. The van der Waals surface area contributed by atoms with Crippen LogP contribution < -0.4 is 0 Å². The summed E-state index contributed by atoms with van der Waals surface area (Å²) in [6.45, 7) is 2.81. The van der Waals surface area contributed by atoms with Crippen molar-refractivity contribution < 1.29 is 22.7 Å². The SMILES string of the molecule is C=C(C(=O)OC12CCCC1SCCCS2)C(F)(F)F. The van der Waals surface area contributed by atoms with Gasteiger partial charge in [-0.1, -0.05) is 6.58 Å². The molecule has 0 aromatic rings. The lowest BCUT2D eigenvalue weighted by Crippen LogP contribution is -2.39. The molecule has 1 aliphatic heterocycles. The summed E-state index contributed by atoms with van der Waals surface area (Å²) < 4.78 is 42.6. The number of carbonyl (C=O) groups is 1. The highest BCUT2D eigenvalue weighted by Gasteiger charge is 2.50. The molecular weight excluding hydrogens is 297 g/mol. The Morgan fingerprint density at radius 1 is 1.32 bits per heavy atom. The molecule has 2 aliphatic rings. The monoisotopic (exact) mass is 312 g/mol. The van der Waals surface area contributed by atoms with Gasteiger partial charge in [0.15, 0.2) is 4.93 Å². The fraction of sp³-hybridized carbons (Fsp3) is 0.750. The fourth-order valence-corrected chi connectivity index (χ4v) is 5.60. The molecule has 0 aromatic heterocycles. The smallest absolute Gasteiger partial charge is 0.422 e. The lowest BCUT2D eigenvalue weighted by Gasteiger charge is -2.32. The van der Waals surface area contributed by atoms with Crippen molar-refractivity contribution >= 4 is 29.5 Å². The molecule has 0 aromatic carbocycles. The molecule has 7 heteroatoms. The Kier molecular flexibility index (Phi) is 4.45. The van der Waals surface area contributed by atoms with Crippen LogP contribution in [0.2, 0.25) is 0 Å². The number of hydrogen-bond donors (Lipinski definition) is 0. The Hall–Kier alpha value is -0.300. The zero-order chi connectivity index (χ0) is 14.1. The molecule has 1 heterocycles. The summed E-state index contributed by atoms with van der Waals surface area (Å²) in [6, 6.07) is 0. The molecular formula is C12H15F3O2S2. The van der Waals surface area contributed by atoms with Crippen molar-refractivity contribution in [3.63, 3.8) is 0 Å². The zero-order valence-corrected chi connectivity index (χ0v) is 11.9. The number of fused-ring (bicyclic) bond motifs is 1. The minimum absolute atomic E-state index is 0.102. The molecule has 2 atom stereocenters. The zero-order valence-electron chi connectivity index (χ0n) is 10.3. The summed E-state index contributed by atoms with van der Waals surface area (Å²) >= 11 is 3.19. The Morgan fingerprint density at radius 3 is 2.74 bits per heavy atom. The molecule has 0 N–H and O–H groups in total. The van der Waals surface area contributed by atoms with Crippen molar-refractivity contribution in [2.45, 2.75) is 42.0 Å². The van der Waals surface area contributed by atoms with E-state index in [2.05, 4.69) is 6.58 Å². The van der Waals surface area contributed by atoms with Crippen LogP contribution in [-0.4, -0.2) is 33.8 Å². The van der Waals surface area contributed by atoms with E-state index >= 15 is 0 Å². The molecule has 0 radical (unpaired) electrons. The maximum atomic E-state index is 12.5. The fourth-order valence-electron chi connectivity index (χ4n) is 2.30. The molecule has 2 rings (SSSR count). The highest BCUT2D eigenvalue weighted by molar-refractivity contribution is 8.04. The first kappa shape index (κ1) is 15.1. The standard InChI is InChI=1S/C12H15F3O2S2/c1-8(12(13,14)15)10(16)17-11-5-2-4-9(11)18-6-3-7-19-11/h9H,1-7H2. The minimum atomic E-state index is -4.72. The maximum Gasteiger partial charge on any atom is 0.422 e. The van der Waals surface area contributed by atoms with E-state index in [4.69, 9.17) is 4.74 Å². The van der Waals surface area contributed by atoms with Crippen LogP contribution in [-0.2, 0) is 9.53 Å². The number of halogens is 3. The lowest BCUT2D eigenvalue weighted by molar-refractivity contribution is -0.157. The van der Waals surface area contributed by atoms with Crippen molar-refractivity contribution in [2.24, 2.45) is 0 Å². The van der Waals surface area contributed by atoms with Gasteiger partial charge in [0.1, 0.15) is 5.57 Å². The average Bonchev–Trinajstić information content (AvgIpc) is 2.60. The Labute approximate surface area is 118 Å². The molecule has 2 fully saturated rings. The summed E-state index contributed by atoms with van der Waals surface area (Å²) in [7, 11) is 0. The van der Waals surface area contributed by atoms with Gasteiger partial charge in [-0.25, -0.2) is 4.79 Å². The van der Waals surface area contributed by atoms with Crippen LogP contribution in [0.3, 0.4) is 0 Å². The Morgan fingerprint density at radius 2 is 2.05 bits per heavy atom. The third-order valence-electron chi connectivity index (χ3n) is 3.29. The average molecular weight is 312 g/mol. The number of hydrogen-bond acceptors (Lipinski definition) is 4. The van der Waals surface area contributed by atoms with Crippen LogP contribution in [0.4, 0.5) is 13.2 Å². The number of alkyl halides is 3. The van der Waals surface area contributed by atoms with Crippen LogP contribution >= 0.6 is 23.5 Å². The predicted molar refractivity (Wildman–Crippen MR) is 71.2 cm³/mol. The summed E-state index contributed by atoms with van der Waals surface area (Å²) in [6.07, 6.45) is -1.32. The molecule has 1 saturated heterocycles. The molecule has 2 unspecified atom stereocenters. The Bertz CT molecular complexity index is 384. The van der Waals surface area contributed by atoms with Crippen LogP contribution in [0.1, 0.15) is 25.7 Å². The summed E-state index contributed by atoms with van der Waals surface area (Å²) in [5, 5.41) is 0.102. The van der Waals surface area contributed by atoms with E-state index in [9.17, 15) is 18.0 Å². The number of ether oxygens (including phenoxy) is 1. The second-order valence-corrected chi connectivity index (χ2v) is 7.33. The minimum Gasteiger partial charge on any atom is -0.443 e. The van der Waals surface area contributed by atoms with Crippen molar-refractivity contribution in [3.05, 3.63) is 12.2 Å². The van der Waals surface area contributed by atoms with Gasteiger partial charge in [-0.3, -0.25) is 0 Å². The van der Waals surface area contributed by atoms with E-state index in [1.807, 2.05) is 0 Å². The Balaban J connectivity index is 2.11. The summed E-state index contributed by atoms with van der Waals surface area (Å²) in [4.78, 5) is 10.9. The van der Waals surface area contributed by atoms with Crippen LogP contribution in [0, 0.1) is 0 Å². The third-order valence-corrected chi connectivity index (χ3v) is 6.54. The van der Waals surface area contributed by atoms with E-state index in [1.165, 1.54) is 11.8 Å². The van der Waals surface area contributed by atoms with Gasteiger partial charge in [0.05, 0.1) is 5.25 Å². The van der Waals surface area contributed by atoms with Gasteiger partial charge < -0.3 is 4.74 Å². The van der Waals surface area contributed by atoms with E-state index < -0.39 is 22.7 Å². The second kappa shape index (κ2) is 5.60. The molecule has 0 spiro atoms. The molecule has 0 amide bonds. The number of rotatable bonds is 2. The quantitative estimate of drug-likeness (QED) is 0.573. The van der Waals surface area contributed by atoms with E-state index in [-0.39, 0.29) is 5.25 Å². The van der Waals surface area contributed by atoms with Gasteiger partial charge in [-0.15, -0.1) is 11.8 Å².